The maximum Gasteiger partial charge on any atom is 0.396 e. The second-order valence-electron chi connectivity index (χ2n) is 2.58. The van der Waals surface area contributed by atoms with Crippen LogP contribution in [-0.2, 0) is 19.1 Å². The van der Waals surface area contributed by atoms with Crippen molar-refractivity contribution in [2.45, 2.75) is 6.92 Å². The summed E-state index contributed by atoms with van der Waals surface area (Å²) in [6.45, 7) is 2.16. The number of hydrogen-bond donors (Lipinski definition) is 1. The second kappa shape index (κ2) is 5.95. The molecule has 6 nitrogen and oxygen atoms in total. The quantitative estimate of drug-likeness (QED) is 0.458. The Morgan fingerprint density at radius 1 is 1.36 bits per heavy atom. The largest absolute Gasteiger partial charge is 0.462 e. The fourth-order valence-corrected chi connectivity index (χ4v) is 0.632. The summed E-state index contributed by atoms with van der Waals surface area (Å²) in [6, 6.07) is 0. The van der Waals surface area contributed by atoms with E-state index in [4.69, 9.17) is 0 Å². The minimum Gasteiger partial charge on any atom is -0.462 e. The Morgan fingerprint density at radius 3 is 2.36 bits per heavy atom. The van der Waals surface area contributed by atoms with Crippen molar-refractivity contribution in [2.24, 2.45) is 0 Å². The number of nitrogens with zero attached hydrogens (tertiary/aromatic N) is 1. The van der Waals surface area contributed by atoms with E-state index < -0.39 is 11.9 Å². The predicted molar refractivity (Wildman–Crippen MR) is 48.3 cm³/mol. The molecule has 0 radical (unpaired) electrons. The summed E-state index contributed by atoms with van der Waals surface area (Å²) in [5, 5.41) is 2.14. The summed E-state index contributed by atoms with van der Waals surface area (Å²) >= 11 is 0. The molecule has 2 amide bonds. The van der Waals surface area contributed by atoms with Crippen LogP contribution in [0.3, 0.4) is 0 Å². The van der Waals surface area contributed by atoms with Gasteiger partial charge in [0.15, 0.2) is 0 Å². The number of hydrogen-bond acceptors (Lipinski definition) is 4. The van der Waals surface area contributed by atoms with Crippen molar-refractivity contribution in [2.75, 3.05) is 27.2 Å². The molecule has 0 rings (SSSR count). The summed E-state index contributed by atoms with van der Waals surface area (Å²) in [5.41, 5.74) is 0. The third-order valence-electron chi connectivity index (χ3n) is 1.67. The maximum atomic E-state index is 11.1. The standard InChI is InChI=1S/C8H14N2O4/c1-4-10(2)6(11)5-9-7(12)8(13)14-3/h4-5H2,1-3H3,(H,9,12). The molecule has 80 valence electrons. The number of likely N-dealkylation sites (N-methyl/N-ethyl adjacent to an activating group) is 1. The Bertz CT molecular complexity index is 239. The van der Waals surface area contributed by atoms with Crippen molar-refractivity contribution < 1.29 is 19.1 Å². The third kappa shape index (κ3) is 3.88. The zero-order valence-corrected chi connectivity index (χ0v) is 8.49. The fraction of sp³-hybridized carbons (Fsp3) is 0.625. The van der Waals surface area contributed by atoms with Crippen molar-refractivity contribution in [1.82, 2.24) is 10.2 Å². The van der Waals surface area contributed by atoms with Crippen molar-refractivity contribution in [1.29, 1.82) is 0 Å². The Kier molecular flexibility index (Phi) is 5.28. The molecule has 0 fully saturated rings. The zero-order chi connectivity index (χ0) is 11.1. The van der Waals surface area contributed by atoms with Crippen molar-refractivity contribution in [3.8, 4) is 0 Å². The molecular weight excluding hydrogens is 188 g/mol. The molecule has 0 aliphatic heterocycles. The predicted octanol–water partition coefficient (Wildman–Crippen LogP) is -1.25. The van der Waals surface area contributed by atoms with Crippen LogP contribution in [0.4, 0.5) is 0 Å². The molecule has 0 saturated carbocycles. The highest BCUT2D eigenvalue weighted by atomic mass is 16.5. The van der Waals surface area contributed by atoms with E-state index >= 15 is 0 Å². The summed E-state index contributed by atoms with van der Waals surface area (Å²) in [5.74, 6) is -2.17. The number of esters is 1. The van der Waals surface area contributed by atoms with E-state index in [9.17, 15) is 14.4 Å². The average Bonchev–Trinajstić information content (AvgIpc) is 2.22. The van der Waals surface area contributed by atoms with E-state index in [2.05, 4.69) is 10.1 Å². The maximum absolute atomic E-state index is 11.1. The van der Waals surface area contributed by atoms with E-state index in [0.717, 1.165) is 7.11 Å². The Balaban J connectivity index is 3.89. The van der Waals surface area contributed by atoms with Gasteiger partial charge in [0.1, 0.15) is 0 Å². The number of rotatable bonds is 3. The van der Waals surface area contributed by atoms with E-state index in [1.165, 1.54) is 4.90 Å². The van der Waals surface area contributed by atoms with E-state index in [1.54, 1.807) is 14.0 Å². The number of amides is 2. The molecule has 0 aromatic heterocycles. The number of nitrogens with one attached hydrogen (secondary N) is 1. The van der Waals surface area contributed by atoms with Gasteiger partial charge in [0.05, 0.1) is 13.7 Å². The first-order chi connectivity index (χ1) is 6.52. The molecule has 14 heavy (non-hydrogen) atoms. The topological polar surface area (TPSA) is 75.7 Å². The first-order valence-electron chi connectivity index (χ1n) is 4.13. The van der Waals surface area contributed by atoms with Gasteiger partial charge in [-0.15, -0.1) is 0 Å². The first-order valence-corrected chi connectivity index (χ1v) is 4.13. The lowest BCUT2D eigenvalue weighted by Gasteiger charge is -2.14. The minimum atomic E-state index is -1.00. The third-order valence-corrected chi connectivity index (χ3v) is 1.67. The summed E-state index contributed by atoms with van der Waals surface area (Å²) in [7, 11) is 2.70. The van der Waals surface area contributed by atoms with Gasteiger partial charge >= 0.3 is 11.9 Å². The van der Waals surface area contributed by atoms with Gasteiger partial charge < -0.3 is 15.0 Å². The highest BCUT2D eigenvalue weighted by Crippen LogP contribution is 1.82. The highest BCUT2D eigenvalue weighted by Gasteiger charge is 2.15. The Hall–Kier alpha value is -1.59. The molecule has 0 aromatic rings. The molecule has 0 unspecified atom stereocenters. The molecule has 6 heteroatoms. The number of methoxy groups -OCH3 is 1. The van der Waals surface area contributed by atoms with E-state index in [-0.39, 0.29) is 12.5 Å². The molecule has 0 aliphatic carbocycles. The van der Waals surface area contributed by atoms with Crippen molar-refractivity contribution in [3.63, 3.8) is 0 Å². The van der Waals surface area contributed by atoms with Crippen LogP contribution >= 0.6 is 0 Å². The van der Waals surface area contributed by atoms with Crippen LogP contribution in [0.15, 0.2) is 0 Å². The molecule has 1 N–H and O–H groups in total. The molecule has 0 spiro atoms. The summed E-state index contributed by atoms with van der Waals surface area (Å²) in [6.07, 6.45) is 0. The van der Waals surface area contributed by atoms with Crippen LogP contribution in [0.25, 0.3) is 0 Å². The minimum absolute atomic E-state index is 0.196. The lowest BCUT2D eigenvalue weighted by atomic mass is 10.5. The first kappa shape index (κ1) is 12.4. The molecule has 0 heterocycles. The SMILES string of the molecule is CCN(C)C(=O)CNC(=O)C(=O)OC. The van der Waals surface area contributed by atoms with Crippen LogP contribution < -0.4 is 5.32 Å². The summed E-state index contributed by atoms with van der Waals surface area (Å²) < 4.78 is 4.16. The van der Waals surface area contributed by atoms with Gasteiger partial charge in [-0.25, -0.2) is 4.79 Å². The van der Waals surface area contributed by atoms with Crippen LogP contribution in [-0.4, -0.2) is 49.9 Å². The van der Waals surface area contributed by atoms with Gasteiger partial charge in [0, 0.05) is 13.6 Å². The zero-order valence-electron chi connectivity index (χ0n) is 8.49. The summed E-state index contributed by atoms with van der Waals surface area (Å²) in [4.78, 5) is 34.0. The molecule has 0 aliphatic rings. The van der Waals surface area contributed by atoms with Crippen LogP contribution in [0.5, 0.6) is 0 Å². The Morgan fingerprint density at radius 2 is 1.93 bits per heavy atom. The molecule has 0 atom stereocenters. The Labute approximate surface area is 82.2 Å². The normalized spacial score (nSPS) is 9.07. The molecule has 0 aromatic carbocycles. The van der Waals surface area contributed by atoms with Crippen LogP contribution in [0.1, 0.15) is 6.92 Å². The molecule has 0 bridgehead atoms. The van der Waals surface area contributed by atoms with Crippen LogP contribution in [0, 0.1) is 0 Å². The molecule has 0 saturated heterocycles. The van der Waals surface area contributed by atoms with Gasteiger partial charge in [-0.3, -0.25) is 9.59 Å². The van der Waals surface area contributed by atoms with Crippen molar-refractivity contribution >= 4 is 17.8 Å². The van der Waals surface area contributed by atoms with Crippen molar-refractivity contribution in [3.05, 3.63) is 0 Å². The van der Waals surface area contributed by atoms with Crippen LogP contribution in [0.2, 0.25) is 0 Å². The van der Waals surface area contributed by atoms with E-state index in [1.807, 2.05) is 0 Å². The van der Waals surface area contributed by atoms with Gasteiger partial charge in [-0.1, -0.05) is 0 Å². The van der Waals surface area contributed by atoms with Gasteiger partial charge in [-0.2, -0.15) is 0 Å². The van der Waals surface area contributed by atoms with Gasteiger partial charge in [0.25, 0.3) is 0 Å². The second-order valence-corrected chi connectivity index (χ2v) is 2.58. The highest BCUT2D eigenvalue weighted by molar-refractivity contribution is 6.32. The van der Waals surface area contributed by atoms with E-state index in [0.29, 0.717) is 6.54 Å². The average molecular weight is 202 g/mol. The monoisotopic (exact) mass is 202 g/mol. The lowest BCUT2D eigenvalue weighted by molar-refractivity contribution is -0.153. The number of ether oxygens (including phenoxy) is 1. The van der Waals surface area contributed by atoms with Gasteiger partial charge in [0.2, 0.25) is 5.91 Å². The number of carbonyl (C=O) groups excluding carboxylic acids is 3. The lowest BCUT2D eigenvalue weighted by Crippen LogP contribution is -2.40. The smallest absolute Gasteiger partial charge is 0.396 e. The van der Waals surface area contributed by atoms with Gasteiger partial charge in [-0.05, 0) is 6.92 Å². The number of carbonyl (C=O) groups is 3. The fourth-order valence-electron chi connectivity index (χ4n) is 0.632. The molecular formula is C8H14N2O4.